The molecule has 19 heavy (non-hydrogen) atoms. The molecule has 114 valence electrons. The van der Waals surface area contributed by atoms with Crippen LogP contribution in [0.5, 0.6) is 0 Å². The molecule has 0 bridgehead atoms. The van der Waals surface area contributed by atoms with Crippen LogP contribution in [0.25, 0.3) is 0 Å². The molecule has 0 spiro atoms. The molecule has 2 atom stereocenters. The third kappa shape index (κ3) is 4.17. The Bertz CT molecular complexity index is 281. The lowest BCUT2D eigenvalue weighted by Gasteiger charge is -2.52. The summed E-state index contributed by atoms with van der Waals surface area (Å²) in [6, 6.07) is 1.13. The van der Waals surface area contributed by atoms with Crippen molar-refractivity contribution >= 4 is 0 Å². The van der Waals surface area contributed by atoms with Gasteiger partial charge in [-0.15, -0.1) is 0 Å². The zero-order valence-corrected chi connectivity index (χ0v) is 14.2. The number of hydrogen-bond acceptors (Lipinski definition) is 3. The van der Waals surface area contributed by atoms with Gasteiger partial charge < -0.3 is 10.1 Å². The fourth-order valence-corrected chi connectivity index (χ4v) is 3.08. The first kappa shape index (κ1) is 16.9. The smallest absolute Gasteiger partial charge is 0.0641 e. The Balaban J connectivity index is 2.91. The van der Waals surface area contributed by atoms with E-state index in [4.69, 9.17) is 4.74 Å². The van der Waals surface area contributed by atoms with E-state index in [1.165, 1.54) is 0 Å². The number of rotatable bonds is 4. The molecule has 0 aromatic rings. The molecular weight excluding hydrogens is 236 g/mol. The first-order valence-electron chi connectivity index (χ1n) is 7.58. The second-order valence-corrected chi connectivity index (χ2v) is 8.04. The van der Waals surface area contributed by atoms with Gasteiger partial charge in [-0.1, -0.05) is 34.6 Å². The van der Waals surface area contributed by atoms with E-state index in [1.54, 1.807) is 7.11 Å². The van der Waals surface area contributed by atoms with Gasteiger partial charge in [-0.05, 0) is 25.2 Å². The molecular formula is C16H34N2O. The Labute approximate surface area is 120 Å². The molecule has 1 aliphatic rings. The second kappa shape index (κ2) is 6.11. The van der Waals surface area contributed by atoms with Gasteiger partial charge in [0.15, 0.2) is 0 Å². The van der Waals surface area contributed by atoms with Crippen molar-refractivity contribution < 1.29 is 4.74 Å². The lowest BCUT2D eigenvalue weighted by Crippen LogP contribution is -2.67. The number of nitrogens with one attached hydrogen (secondary N) is 1. The van der Waals surface area contributed by atoms with E-state index >= 15 is 0 Å². The first-order valence-corrected chi connectivity index (χ1v) is 7.58. The highest BCUT2D eigenvalue weighted by Gasteiger charge is 2.41. The van der Waals surface area contributed by atoms with Gasteiger partial charge in [0.05, 0.1) is 6.61 Å². The number of hydrogen-bond donors (Lipinski definition) is 1. The maximum absolute atomic E-state index is 5.45. The van der Waals surface area contributed by atoms with Crippen LogP contribution in [0, 0.1) is 11.3 Å². The van der Waals surface area contributed by atoms with Gasteiger partial charge in [0, 0.05) is 37.8 Å². The van der Waals surface area contributed by atoms with Crippen molar-refractivity contribution in [2.75, 3.05) is 26.8 Å². The van der Waals surface area contributed by atoms with E-state index in [-0.39, 0.29) is 5.54 Å². The van der Waals surface area contributed by atoms with Crippen molar-refractivity contribution in [3.05, 3.63) is 0 Å². The van der Waals surface area contributed by atoms with E-state index in [9.17, 15) is 0 Å². The summed E-state index contributed by atoms with van der Waals surface area (Å²) in [5.41, 5.74) is 0.388. The largest absolute Gasteiger partial charge is 0.383 e. The minimum atomic E-state index is 0.0925. The Morgan fingerprint density at radius 3 is 2.21 bits per heavy atom. The molecule has 1 heterocycles. The summed E-state index contributed by atoms with van der Waals surface area (Å²) in [4.78, 5) is 2.66. The third-order valence-electron chi connectivity index (χ3n) is 4.44. The zero-order valence-electron chi connectivity index (χ0n) is 14.2. The van der Waals surface area contributed by atoms with Gasteiger partial charge in [-0.25, -0.2) is 0 Å². The fraction of sp³-hybridized carbons (Fsp3) is 1.00. The number of ether oxygens (including phenoxy) is 1. The highest BCUT2D eigenvalue weighted by Crippen LogP contribution is 2.30. The highest BCUT2D eigenvalue weighted by molar-refractivity contribution is 4.98. The average molecular weight is 270 g/mol. The second-order valence-electron chi connectivity index (χ2n) is 8.04. The molecule has 3 nitrogen and oxygen atoms in total. The average Bonchev–Trinajstić information content (AvgIpc) is 2.26. The number of methoxy groups -OCH3 is 1. The summed E-state index contributed by atoms with van der Waals surface area (Å²) in [5.74, 6) is 0.657. The van der Waals surface area contributed by atoms with Gasteiger partial charge in [0.25, 0.3) is 0 Å². The Kier molecular flexibility index (Phi) is 5.44. The molecule has 1 aliphatic heterocycles. The van der Waals surface area contributed by atoms with Crippen LogP contribution in [0.4, 0.5) is 0 Å². The molecule has 0 amide bonds. The molecule has 0 aromatic carbocycles. The van der Waals surface area contributed by atoms with Crippen molar-refractivity contribution in [2.45, 2.75) is 66.1 Å². The molecule has 0 saturated carbocycles. The molecule has 3 heteroatoms. The molecule has 0 aliphatic carbocycles. The van der Waals surface area contributed by atoms with Gasteiger partial charge in [-0.2, -0.15) is 0 Å². The summed E-state index contributed by atoms with van der Waals surface area (Å²) in [6.45, 7) is 19.2. The Morgan fingerprint density at radius 2 is 1.79 bits per heavy atom. The van der Waals surface area contributed by atoms with Gasteiger partial charge in [-0.3, -0.25) is 4.90 Å². The van der Waals surface area contributed by atoms with Crippen LogP contribution in [-0.2, 0) is 4.74 Å². The van der Waals surface area contributed by atoms with E-state index in [2.05, 4.69) is 58.7 Å². The lowest BCUT2D eigenvalue weighted by atomic mass is 9.82. The molecule has 0 radical (unpaired) electrons. The van der Waals surface area contributed by atoms with Gasteiger partial charge in [0.2, 0.25) is 0 Å². The van der Waals surface area contributed by atoms with Crippen LogP contribution >= 0.6 is 0 Å². The van der Waals surface area contributed by atoms with Crippen molar-refractivity contribution in [2.24, 2.45) is 11.3 Å². The Hall–Kier alpha value is -0.120. The Morgan fingerprint density at radius 1 is 1.21 bits per heavy atom. The predicted octanol–water partition coefficient (Wildman–Crippen LogP) is 2.76. The summed E-state index contributed by atoms with van der Waals surface area (Å²) in [5, 5.41) is 3.75. The maximum Gasteiger partial charge on any atom is 0.0641 e. The summed E-state index contributed by atoms with van der Waals surface area (Å²) in [6.07, 6.45) is 0. The van der Waals surface area contributed by atoms with E-state index < -0.39 is 0 Å². The normalized spacial score (nSPS) is 27.0. The molecule has 1 rings (SSSR count). The summed E-state index contributed by atoms with van der Waals surface area (Å²) in [7, 11) is 1.80. The summed E-state index contributed by atoms with van der Waals surface area (Å²) >= 11 is 0. The minimum Gasteiger partial charge on any atom is -0.383 e. The fourth-order valence-electron chi connectivity index (χ4n) is 3.08. The lowest BCUT2D eigenvalue weighted by molar-refractivity contribution is -0.0425. The van der Waals surface area contributed by atoms with Crippen LogP contribution in [-0.4, -0.2) is 49.3 Å². The van der Waals surface area contributed by atoms with Crippen LogP contribution < -0.4 is 5.32 Å². The topological polar surface area (TPSA) is 24.5 Å². The van der Waals surface area contributed by atoms with E-state index in [0.29, 0.717) is 23.4 Å². The van der Waals surface area contributed by atoms with E-state index in [0.717, 1.165) is 19.7 Å². The van der Waals surface area contributed by atoms with Gasteiger partial charge >= 0.3 is 0 Å². The number of nitrogens with zero attached hydrogens (tertiary/aromatic N) is 1. The standard InChI is InChI=1S/C16H34N2O/c1-12(2)13-9-17-14(15(3,4)5)10-18(13)16(6,7)11-19-8/h12-14,17H,9-11H2,1-8H3. The molecule has 1 N–H and O–H groups in total. The van der Waals surface area contributed by atoms with Crippen LogP contribution in [0.3, 0.4) is 0 Å². The molecule has 2 unspecified atom stereocenters. The zero-order chi connectivity index (χ0) is 14.8. The van der Waals surface area contributed by atoms with Crippen molar-refractivity contribution in [3.63, 3.8) is 0 Å². The quantitative estimate of drug-likeness (QED) is 0.850. The van der Waals surface area contributed by atoms with E-state index in [1.807, 2.05) is 0 Å². The van der Waals surface area contributed by atoms with Crippen LogP contribution in [0.2, 0.25) is 0 Å². The third-order valence-corrected chi connectivity index (χ3v) is 4.44. The molecule has 0 aromatic heterocycles. The molecule has 1 fully saturated rings. The van der Waals surface area contributed by atoms with Crippen molar-refractivity contribution in [1.82, 2.24) is 10.2 Å². The summed E-state index contributed by atoms with van der Waals surface area (Å²) < 4.78 is 5.45. The van der Waals surface area contributed by atoms with Gasteiger partial charge in [0.1, 0.15) is 0 Å². The van der Waals surface area contributed by atoms with Crippen molar-refractivity contribution in [3.8, 4) is 0 Å². The first-order chi connectivity index (χ1) is 8.59. The van der Waals surface area contributed by atoms with Crippen LogP contribution in [0.1, 0.15) is 48.5 Å². The maximum atomic E-state index is 5.45. The highest BCUT2D eigenvalue weighted by atomic mass is 16.5. The minimum absolute atomic E-state index is 0.0925. The van der Waals surface area contributed by atoms with Crippen LogP contribution in [0.15, 0.2) is 0 Å². The van der Waals surface area contributed by atoms with Crippen molar-refractivity contribution in [1.29, 1.82) is 0 Å². The monoisotopic (exact) mass is 270 g/mol. The number of piperazine rings is 1. The molecule has 1 saturated heterocycles. The predicted molar refractivity (Wildman–Crippen MR) is 82.5 cm³/mol. The SMILES string of the molecule is COCC(C)(C)N1CC(C(C)(C)C)NCC1C(C)C.